The van der Waals surface area contributed by atoms with E-state index in [2.05, 4.69) is 15.3 Å². The second-order valence-corrected chi connectivity index (χ2v) is 7.78. The Hall–Kier alpha value is -2.23. The predicted octanol–water partition coefficient (Wildman–Crippen LogP) is 3.98. The molecule has 3 atom stereocenters. The highest BCUT2D eigenvalue weighted by molar-refractivity contribution is 6.28. The fourth-order valence-corrected chi connectivity index (χ4v) is 4.10. The molecule has 1 aliphatic heterocycles. The van der Waals surface area contributed by atoms with E-state index in [0.717, 1.165) is 17.7 Å². The van der Waals surface area contributed by atoms with E-state index < -0.39 is 23.9 Å². The summed E-state index contributed by atoms with van der Waals surface area (Å²) in [5.74, 6) is 0.218. The zero-order chi connectivity index (χ0) is 21.5. The average molecular weight is 442 g/mol. The maximum Gasteiger partial charge on any atom is 0.416 e. The quantitative estimate of drug-likeness (QED) is 0.723. The fraction of sp³-hybridized carbons (Fsp3) is 0.450. The molecule has 0 spiro atoms. The Labute approximate surface area is 175 Å². The highest BCUT2D eigenvalue weighted by atomic mass is 35.5. The summed E-state index contributed by atoms with van der Waals surface area (Å²) >= 11 is 6.08. The first-order valence-electron chi connectivity index (χ1n) is 9.43. The van der Waals surface area contributed by atoms with E-state index in [0.29, 0.717) is 29.9 Å². The highest BCUT2D eigenvalue weighted by Gasteiger charge is 2.38. The lowest BCUT2D eigenvalue weighted by Crippen LogP contribution is -2.40. The lowest BCUT2D eigenvalue weighted by atomic mass is 9.95. The molecule has 2 heterocycles. The van der Waals surface area contributed by atoms with Gasteiger partial charge in [0.1, 0.15) is 25.3 Å². The van der Waals surface area contributed by atoms with Crippen LogP contribution in [0.5, 0.6) is 0 Å². The van der Waals surface area contributed by atoms with Crippen molar-refractivity contribution in [3.05, 3.63) is 51.9 Å². The molecule has 6 nitrogen and oxygen atoms in total. The van der Waals surface area contributed by atoms with Crippen LogP contribution in [0.4, 0.5) is 19.0 Å². The van der Waals surface area contributed by atoms with Crippen molar-refractivity contribution < 1.29 is 27.4 Å². The van der Waals surface area contributed by atoms with Gasteiger partial charge in [0.05, 0.1) is 11.3 Å². The molecule has 30 heavy (non-hydrogen) atoms. The number of carbonyl (C=O) groups excluding carboxylic acids is 1. The lowest BCUT2D eigenvalue weighted by molar-refractivity contribution is -0.175. The van der Waals surface area contributed by atoms with Gasteiger partial charge in [-0.25, -0.2) is 9.97 Å². The summed E-state index contributed by atoms with van der Waals surface area (Å²) < 4.78 is 49.6. The number of fused-ring (bicyclic) bond motifs is 1. The van der Waals surface area contributed by atoms with Crippen molar-refractivity contribution >= 4 is 23.2 Å². The Morgan fingerprint density at radius 2 is 2.07 bits per heavy atom. The largest absolute Gasteiger partial charge is 0.416 e. The van der Waals surface area contributed by atoms with E-state index in [-0.39, 0.29) is 30.4 Å². The molecule has 0 bridgehead atoms. The molecule has 10 heteroatoms. The zero-order valence-corrected chi connectivity index (χ0v) is 16.8. The van der Waals surface area contributed by atoms with E-state index >= 15 is 0 Å². The van der Waals surface area contributed by atoms with Crippen LogP contribution < -0.4 is 5.32 Å². The first-order chi connectivity index (χ1) is 14.2. The minimum Gasteiger partial charge on any atom is -0.363 e. The molecule has 2 aliphatic rings. The summed E-state index contributed by atoms with van der Waals surface area (Å²) in [7, 11) is 0. The number of hydrogen-bond acceptors (Lipinski definition) is 6. The van der Waals surface area contributed by atoms with Crippen LogP contribution in [-0.2, 0) is 33.3 Å². The van der Waals surface area contributed by atoms with E-state index in [4.69, 9.17) is 21.1 Å². The number of Topliss-reactive ketones (excluding diaryl/α,β-unsaturated/α-hetero) is 1. The van der Waals surface area contributed by atoms with Gasteiger partial charge in [0.15, 0.2) is 5.78 Å². The van der Waals surface area contributed by atoms with Crippen LogP contribution in [0.2, 0.25) is 5.28 Å². The molecule has 1 aromatic heterocycles. The van der Waals surface area contributed by atoms with Crippen LogP contribution in [0.15, 0.2) is 24.3 Å². The molecule has 1 aliphatic carbocycles. The topological polar surface area (TPSA) is 73.3 Å². The fourth-order valence-electron chi connectivity index (χ4n) is 3.91. The van der Waals surface area contributed by atoms with Gasteiger partial charge < -0.3 is 14.8 Å². The third-order valence-corrected chi connectivity index (χ3v) is 5.54. The zero-order valence-electron chi connectivity index (χ0n) is 16.0. The van der Waals surface area contributed by atoms with Crippen molar-refractivity contribution in [1.82, 2.24) is 9.97 Å². The molecule has 0 amide bonds. The second kappa shape index (κ2) is 8.13. The van der Waals surface area contributed by atoms with Gasteiger partial charge in [-0.1, -0.05) is 12.1 Å². The van der Waals surface area contributed by atoms with Gasteiger partial charge >= 0.3 is 6.18 Å². The molecular weight excluding hydrogens is 423 g/mol. The van der Waals surface area contributed by atoms with Gasteiger partial charge in [0.25, 0.3) is 0 Å². The molecule has 2 aromatic rings. The first-order valence-corrected chi connectivity index (χ1v) is 9.81. The Bertz CT molecular complexity index is 970. The molecule has 2 unspecified atom stereocenters. The smallest absolute Gasteiger partial charge is 0.363 e. The number of carbonyl (C=O) groups is 1. The number of ketones is 1. The van der Waals surface area contributed by atoms with Gasteiger partial charge in [0.2, 0.25) is 5.28 Å². The van der Waals surface area contributed by atoms with Gasteiger partial charge in [-0.15, -0.1) is 0 Å². The summed E-state index contributed by atoms with van der Waals surface area (Å²) in [6, 6.07) is 4.68. The van der Waals surface area contributed by atoms with Crippen LogP contribution in [0, 0.1) is 5.92 Å². The van der Waals surface area contributed by atoms with Crippen molar-refractivity contribution in [3.8, 4) is 0 Å². The predicted molar refractivity (Wildman–Crippen MR) is 102 cm³/mol. The van der Waals surface area contributed by atoms with Crippen LogP contribution in [0.1, 0.15) is 35.3 Å². The molecule has 1 saturated heterocycles. The van der Waals surface area contributed by atoms with E-state index in [9.17, 15) is 18.0 Å². The highest BCUT2D eigenvalue weighted by Crippen LogP contribution is 2.36. The Balaban J connectivity index is 1.56. The van der Waals surface area contributed by atoms with Gasteiger partial charge in [-0.05, 0) is 49.1 Å². The lowest BCUT2D eigenvalue weighted by Gasteiger charge is -2.26. The normalized spacial score (nSPS) is 22.6. The summed E-state index contributed by atoms with van der Waals surface area (Å²) in [6.45, 7) is 1.82. The number of nitrogens with one attached hydrogen (secondary N) is 1. The molecule has 0 saturated carbocycles. The number of anilines is 1. The van der Waals surface area contributed by atoms with Crippen molar-refractivity contribution in [2.24, 2.45) is 5.92 Å². The Morgan fingerprint density at radius 3 is 2.80 bits per heavy atom. The van der Waals surface area contributed by atoms with E-state index in [1.54, 1.807) is 13.0 Å². The molecule has 1 aromatic carbocycles. The molecule has 4 rings (SSSR count). The van der Waals surface area contributed by atoms with Crippen LogP contribution in [-0.4, -0.2) is 35.3 Å². The van der Waals surface area contributed by atoms with Crippen molar-refractivity contribution in [3.63, 3.8) is 0 Å². The summed E-state index contributed by atoms with van der Waals surface area (Å²) in [5.41, 5.74) is 1.26. The van der Waals surface area contributed by atoms with Crippen LogP contribution in [0.3, 0.4) is 0 Å². The molecular formula is C20H19ClF3N3O3. The maximum absolute atomic E-state index is 13.0. The molecule has 1 fully saturated rings. The number of benzene rings is 1. The van der Waals surface area contributed by atoms with Gasteiger partial charge in [-0.3, -0.25) is 4.79 Å². The van der Waals surface area contributed by atoms with Crippen molar-refractivity contribution in [2.45, 2.75) is 38.1 Å². The second-order valence-electron chi connectivity index (χ2n) is 7.44. The standard InChI is InChI=1S/C20H19ClF3N3O3/c1-10(11-3-2-4-13(5-11)20(22,23)24)25-18-14-6-12(7-15(14)26-19(21)27-18)17-16(28)8-29-9-30-17/h2-5,10,12,17H,6-9H2,1H3,(H,25,26,27)/t10-,12?,17?/m1/s1. The summed E-state index contributed by atoms with van der Waals surface area (Å²) in [4.78, 5) is 20.7. The van der Waals surface area contributed by atoms with Crippen LogP contribution in [0.25, 0.3) is 0 Å². The Kier molecular flexibility index (Phi) is 5.69. The summed E-state index contributed by atoms with van der Waals surface area (Å²) in [6.07, 6.45) is -4.00. The van der Waals surface area contributed by atoms with Gasteiger partial charge in [-0.2, -0.15) is 13.2 Å². The third kappa shape index (κ3) is 4.28. The average Bonchev–Trinajstić information content (AvgIpc) is 3.11. The third-order valence-electron chi connectivity index (χ3n) is 5.38. The SMILES string of the molecule is C[C@@H](Nc1nc(Cl)nc2c1CC(C1OCOCC1=O)C2)c1cccc(C(F)(F)F)c1. The number of alkyl halides is 3. The summed E-state index contributed by atoms with van der Waals surface area (Å²) in [5, 5.41) is 3.19. The Morgan fingerprint density at radius 1 is 1.27 bits per heavy atom. The minimum absolute atomic E-state index is 0.0155. The number of ether oxygens (including phenoxy) is 2. The van der Waals surface area contributed by atoms with Crippen molar-refractivity contribution in [2.75, 3.05) is 18.7 Å². The number of rotatable bonds is 4. The first kappa shape index (κ1) is 21.0. The molecule has 0 radical (unpaired) electrons. The number of halogens is 4. The van der Waals surface area contributed by atoms with E-state index in [1.165, 1.54) is 6.07 Å². The number of aromatic nitrogens is 2. The molecule has 1 N–H and O–H groups in total. The van der Waals surface area contributed by atoms with E-state index in [1.807, 2.05) is 0 Å². The monoisotopic (exact) mass is 441 g/mol. The minimum atomic E-state index is -4.42. The van der Waals surface area contributed by atoms with Crippen LogP contribution >= 0.6 is 11.6 Å². The van der Waals surface area contributed by atoms with Crippen molar-refractivity contribution in [1.29, 1.82) is 0 Å². The number of hydrogen-bond donors (Lipinski definition) is 1. The maximum atomic E-state index is 13.0. The molecule has 160 valence electrons. The number of nitrogens with zero attached hydrogens (tertiary/aromatic N) is 2. The van der Waals surface area contributed by atoms with Gasteiger partial charge in [0, 0.05) is 17.5 Å².